The van der Waals surface area contributed by atoms with E-state index in [1.54, 1.807) is 37.3 Å². The van der Waals surface area contributed by atoms with Crippen molar-refractivity contribution in [3.05, 3.63) is 64.6 Å². The van der Waals surface area contributed by atoms with Gasteiger partial charge in [-0.1, -0.05) is 11.6 Å². The van der Waals surface area contributed by atoms with E-state index in [4.69, 9.17) is 11.6 Å². The van der Waals surface area contributed by atoms with Gasteiger partial charge in [0.05, 0.1) is 6.42 Å². The fourth-order valence-corrected chi connectivity index (χ4v) is 3.10. The summed E-state index contributed by atoms with van der Waals surface area (Å²) in [6.45, 7) is 1.79. The molecule has 1 heterocycles. The normalized spacial score (nSPS) is 10.6. The molecule has 0 aliphatic rings. The lowest BCUT2D eigenvalue weighted by molar-refractivity contribution is -0.129. The zero-order chi connectivity index (χ0) is 21.7. The number of fused-ring (bicyclic) bond motifs is 1. The van der Waals surface area contributed by atoms with Crippen LogP contribution < -0.4 is 16.2 Å². The largest absolute Gasteiger partial charge is 0.358 e. The second-order valence-corrected chi connectivity index (χ2v) is 7.18. The highest BCUT2D eigenvalue weighted by atomic mass is 35.5. The molecule has 0 unspecified atom stereocenters. The summed E-state index contributed by atoms with van der Waals surface area (Å²) >= 11 is 5.78. The Bertz CT molecular complexity index is 1100. The predicted molar refractivity (Wildman–Crippen MR) is 112 cm³/mol. The van der Waals surface area contributed by atoms with Crippen LogP contribution in [0.3, 0.4) is 0 Å². The molecule has 0 atom stereocenters. The molecule has 0 bridgehead atoms. The third kappa shape index (κ3) is 5.57. The van der Waals surface area contributed by atoms with Crippen molar-refractivity contribution in [2.24, 2.45) is 0 Å². The summed E-state index contributed by atoms with van der Waals surface area (Å²) in [6, 6.07) is 10.9. The van der Waals surface area contributed by atoms with Crippen LogP contribution in [0.4, 0.5) is 10.1 Å². The predicted octanol–water partition coefficient (Wildman–Crippen LogP) is 3.38. The number of aryl methyl sites for hydroxylation is 1. The number of carbonyl (C=O) groups excluding carboxylic acids is 3. The first-order valence-corrected chi connectivity index (χ1v) is 9.59. The number of rotatable bonds is 6. The molecule has 0 fully saturated rings. The Morgan fingerprint density at radius 2 is 1.63 bits per heavy atom. The van der Waals surface area contributed by atoms with Gasteiger partial charge in [0, 0.05) is 40.1 Å². The summed E-state index contributed by atoms with van der Waals surface area (Å²) < 4.78 is 13.5. The van der Waals surface area contributed by atoms with Crippen molar-refractivity contribution in [1.82, 2.24) is 15.8 Å². The van der Waals surface area contributed by atoms with Gasteiger partial charge in [0.1, 0.15) is 5.82 Å². The Kier molecular flexibility index (Phi) is 6.68. The zero-order valence-corrected chi connectivity index (χ0v) is 16.9. The van der Waals surface area contributed by atoms with Crippen molar-refractivity contribution in [2.75, 3.05) is 5.32 Å². The molecule has 1 aromatic heterocycles. The van der Waals surface area contributed by atoms with E-state index < -0.39 is 17.6 Å². The number of nitrogens with one attached hydrogen (secondary N) is 4. The summed E-state index contributed by atoms with van der Waals surface area (Å²) in [5.41, 5.74) is 7.29. The first kappa shape index (κ1) is 21.3. The molecule has 0 spiro atoms. The third-order valence-electron chi connectivity index (χ3n) is 4.47. The molecular formula is C21H20ClFN4O3. The second kappa shape index (κ2) is 9.41. The van der Waals surface area contributed by atoms with Gasteiger partial charge >= 0.3 is 0 Å². The van der Waals surface area contributed by atoms with Gasteiger partial charge in [-0.05, 0) is 55.0 Å². The number of aromatic nitrogens is 1. The van der Waals surface area contributed by atoms with Gasteiger partial charge in [-0.2, -0.15) is 0 Å². The molecule has 0 radical (unpaired) electrons. The summed E-state index contributed by atoms with van der Waals surface area (Å²) in [7, 11) is 0. The average molecular weight is 431 g/mol. The molecule has 7 nitrogen and oxygen atoms in total. The molecule has 3 rings (SSSR count). The maximum atomic E-state index is 13.5. The van der Waals surface area contributed by atoms with Crippen LogP contribution in [0.25, 0.3) is 10.9 Å². The molecule has 9 heteroatoms. The summed E-state index contributed by atoms with van der Waals surface area (Å²) in [6.07, 6.45) is -0.186. The molecule has 2 aromatic carbocycles. The van der Waals surface area contributed by atoms with Gasteiger partial charge in [0.25, 0.3) is 0 Å². The highest BCUT2D eigenvalue weighted by molar-refractivity contribution is 6.30. The van der Waals surface area contributed by atoms with E-state index >= 15 is 0 Å². The maximum Gasteiger partial charge on any atom is 0.242 e. The van der Waals surface area contributed by atoms with E-state index in [0.717, 1.165) is 11.2 Å². The Balaban J connectivity index is 1.45. The van der Waals surface area contributed by atoms with Gasteiger partial charge in [0.2, 0.25) is 17.7 Å². The fourth-order valence-electron chi connectivity index (χ4n) is 2.97. The standard InChI is InChI=1S/C21H20ClFN4O3/c1-12-16(17-10-14(23)4-7-18(17)24-12)11-21(30)27-26-20(29)9-8-19(28)25-15-5-2-13(22)3-6-15/h2-7,10,24H,8-9,11H2,1H3,(H,25,28)(H,26,29)(H,27,30). The molecular weight excluding hydrogens is 411 g/mol. The van der Waals surface area contributed by atoms with Crippen LogP contribution in [0.2, 0.25) is 5.02 Å². The molecule has 0 aliphatic heterocycles. The summed E-state index contributed by atoms with van der Waals surface area (Å²) in [5.74, 6) is -1.69. The number of hydrogen-bond donors (Lipinski definition) is 4. The number of hydrogen-bond acceptors (Lipinski definition) is 3. The smallest absolute Gasteiger partial charge is 0.242 e. The zero-order valence-electron chi connectivity index (χ0n) is 16.1. The average Bonchev–Trinajstić information content (AvgIpc) is 3.01. The minimum Gasteiger partial charge on any atom is -0.358 e. The Hall–Kier alpha value is -3.39. The SMILES string of the molecule is Cc1[nH]c2ccc(F)cc2c1CC(=O)NNC(=O)CCC(=O)Nc1ccc(Cl)cc1. The number of carbonyl (C=O) groups is 3. The van der Waals surface area contributed by atoms with Crippen LogP contribution in [-0.4, -0.2) is 22.7 Å². The number of benzene rings is 2. The van der Waals surface area contributed by atoms with E-state index in [-0.39, 0.29) is 25.2 Å². The lowest BCUT2D eigenvalue weighted by Gasteiger charge is -2.08. The van der Waals surface area contributed by atoms with Gasteiger partial charge in [-0.15, -0.1) is 0 Å². The van der Waals surface area contributed by atoms with Crippen LogP contribution in [0.1, 0.15) is 24.1 Å². The van der Waals surface area contributed by atoms with Crippen LogP contribution in [0, 0.1) is 12.7 Å². The van der Waals surface area contributed by atoms with E-state index in [2.05, 4.69) is 21.2 Å². The minimum absolute atomic E-state index is 0.0351. The van der Waals surface area contributed by atoms with Gasteiger partial charge in [-0.3, -0.25) is 25.2 Å². The number of hydrazine groups is 1. The molecule has 0 aliphatic carbocycles. The van der Waals surface area contributed by atoms with Crippen molar-refractivity contribution in [3.8, 4) is 0 Å². The van der Waals surface area contributed by atoms with E-state index in [1.807, 2.05) is 0 Å². The highest BCUT2D eigenvalue weighted by Gasteiger charge is 2.14. The lowest BCUT2D eigenvalue weighted by Crippen LogP contribution is -2.42. The maximum absolute atomic E-state index is 13.5. The van der Waals surface area contributed by atoms with Crippen LogP contribution in [-0.2, 0) is 20.8 Å². The molecule has 0 saturated carbocycles. The van der Waals surface area contributed by atoms with Gasteiger partial charge in [-0.25, -0.2) is 4.39 Å². The van der Waals surface area contributed by atoms with Crippen LogP contribution >= 0.6 is 11.6 Å². The van der Waals surface area contributed by atoms with Gasteiger partial charge in [0.15, 0.2) is 0 Å². The number of anilines is 1. The van der Waals surface area contributed by atoms with Crippen molar-refractivity contribution in [3.63, 3.8) is 0 Å². The van der Waals surface area contributed by atoms with E-state index in [1.165, 1.54) is 12.1 Å². The van der Waals surface area contributed by atoms with Crippen LogP contribution in [0.5, 0.6) is 0 Å². The van der Waals surface area contributed by atoms with Crippen LogP contribution in [0.15, 0.2) is 42.5 Å². The first-order valence-electron chi connectivity index (χ1n) is 9.21. The van der Waals surface area contributed by atoms with Crippen molar-refractivity contribution in [1.29, 1.82) is 0 Å². The minimum atomic E-state index is -0.503. The van der Waals surface area contributed by atoms with Crippen molar-refractivity contribution in [2.45, 2.75) is 26.2 Å². The monoisotopic (exact) mass is 430 g/mol. The topological polar surface area (TPSA) is 103 Å². The van der Waals surface area contributed by atoms with Gasteiger partial charge < -0.3 is 10.3 Å². The summed E-state index contributed by atoms with van der Waals surface area (Å²) in [5, 5.41) is 3.82. The molecule has 3 aromatic rings. The Labute approximate surface area is 177 Å². The first-order chi connectivity index (χ1) is 14.3. The second-order valence-electron chi connectivity index (χ2n) is 6.75. The third-order valence-corrected chi connectivity index (χ3v) is 4.72. The fraction of sp³-hybridized carbons (Fsp3) is 0.190. The number of amides is 3. The number of H-pyrrole nitrogens is 1. The Morgan fingerprint density at radius 1 is 0.967 bits per heavy atom. The lowest BCUT2D eigenvalue weighted by atomic mass is 10.1. The Morgan fingerprint density at radius 3 is 2.37 bits per heavy atom. The molecule has 30 heavy (non-hydrogen) atoms. The molecule has 3 amide bonds. The molecule has 0 saturated heterocycles. The summed E-state index contributed by atoms with van der Waals surface area (Å²) in [4.78, 5) is 39.1. The van der Waals surface area contributed by atoms with Crippen molar-refractivity contribution >= 4 is 45.9 Å². The number of halogens is 2. The van der Waals surface area contributed by atoms with E-state index in [9.17, 15) is 18.8 Å². The molecule has 156 valence electrons. The quantitative estimate of drug-likeness (QED) is 0.451. The highest BCUT2D eigenvalue weighted by Crippen LogP contribution is 2.23. The van der Waals surface area contributed by atoms with E-state index in [0.29, 0.717) is 21.7 Å². The van der Waals surface area contributed by atoms with Crippen molar-refractivity contribution < 1.29 is 18.8 Å². The molecule has 4 N–H and O–H groups in total. The number of aromatic amines is 1.